The van der Waals surface area contributed by atoms with E-state index in [1.807, 2.05) is 45.0 Å². The Bertz CT molecular complexity index is 2160. The Labute approximate surface area is 277 Å². The zero-order valence-electron chi connectivity index (χ0n) is 27.6. The second kappa shape index (κ2) is 11.9. The number of rotatable bonds is 8. The van der Waals surface area contributed by atoms with Gasteiger partial charge in [0.05, 0.1) is 33.8 Å². The fourth-order valence-electron chi connectivity index (χ4n) is 7.41. The van der Waals surface area contributed by atoms with Gasteiger partial charge in [0.2, 0.25) is 0 Å². The van der Waals surface area contributed by atoms with E-state index in [9.17, 15) is 29.7 Å². The molecule has 10 heteroatoms. The van der Waals surface area contributed by atoms with E-state index in [1.54, 1.807) is 19.1 Å². The summed E-state index contributed by atoms with van der Waals surface area (Å²) < 4.78 is 0. The Morgan fingerprint density at radius 1 is 0.896 bits per heavy atom. The van der Waals surface area contributed by atoms with Gasteiger partial charge in [0.15, 0.2) is 0 Å². The fourth-order valence-corrected chi connectivity index (χ4v) is 7.41. The number of carboxylic acid groups (broad SMARTS) is 3. The van der Waals surface area contributed by atoms with Crippen LogP contribution in [-0.2, 0) is 26.2 Å². The van der Waals surface area contributed by atoms with Crippen LogP contribution < -0.4 is 0 Å². The van der Waals surface area contributed by atoms with E-state index in [1.165, 1.54) is 6.08 Å². The monoisotopic (exact) mass is 646 g/mol. The Balaban J connectivity index is 1.78. The van der Waals surface area contributed by atoms with Crippen molar-refractivity contribution in [2.45, 2.75) is 65.7 Å². The number of nitrogens with zero attached hydrogens (tertiary/aromatic N) is 2. The lowest BCUT2D eigenvalue weighted by molar-refractivity contribution is -0.145. The molecule has 5 N–H and O–H groups in total. The Morgan fingerprint density at radius 3 is 2.23 bits per heavy atom. The summed E-state index contributed by atoms with van der Waals surface area (Å²) in [4.78, 5) is 53.9. The standard InChI is InChI=1S/C38H38N4O6/c1-7-9-22-19(4)28-17-33-38(6)25(12-10-24(36(45)46)35(38)37(47)48)32(42-33)15-27-18(3)21(8-2)29(39-27)14-26-20(5)23(11-13-34(43)44)31(40-26)16-30(22)41-28/h8,10,12,14-17,35,40,42H,2,7,9,11,13H2,1,3-6H3,(H,43,44)(H,45,46)(H,47,48)/t35?,38-/m0/s1. The molecule has 8 bridgehead atoms. The molecule has 1 aliphatic carbocycles. The van der Waals surface area contributed by atoms with Gasteiger partial charge in [0.25, 0.3) is 0 Å². The first-order chi connectivity index (χ1) is 22.8. The number of aliphatic carboxylic acids is 3. The largest absolute Gasteiger partial charge is 0.481 e. The highest BCUT2D eigenvalue weighted by molar-refractivity contribution is 6.01. The second-order valence-electron chi connectivity index (χ2n) is 12.8. The first-order valence-electron chi connectivity index (χ1n) is 16.0. The molecule has 1 unspecified atom stereocenters. The van der Waals surface area contributed by atoms with Crippen LogP contribution in [0.15, 0.2) is 54.6 Å². The molecule has 246 valence electrons. The summed E-state index contributed by atoms with van der Waals surface area (Å²) in [5, 5.41) is 30.1. The van der Waals surface area contributed by atoms with E-state index >= 15 is 0 Å². The minimum absolute atomic E-state index is 0.0351. The Kier molecular flexibility index (Phi) is 8.06. The smallest absolute Gasteiger partial charge is 0.332 e. The minimum atomic E-state index is -1.38. The van der Waals surface area contributed by atoms with Crippen LogP contribution in [0.2, 0.25) is 0 Å². The molecular weight excluding hydrogens is 608 g/mol. The number of fused-ring (bicyclic) bond motifs is 11. The number of carboxylic acids is 3. The summed E-state index contributed by atoms with van der Waals surface area (Å²) >= 11 is 0. The Hall–Kier alpha value is -5.51. The normalized spacial score (nSPS) is 19.4. The van der Waals surface area contributed by atoms with Crippen molar-refractivity contribution < 1.29 is 29.7 Å². The summed E-state index contributed by atoms with van der Waals surface area (Å²) in [5.41, 5.74) is 10.00. The van der Waals surface area contributed by atoms with Gasteiger partial charge in [-0.2, -0.15) is 0 Å². The van der Waals surface area contributed by atoms with Crippen LogP contribution >= 0.6 is 0 Å². The summed E-state index contributed by atoms with van der Waals surface area (Å²) in [6.07, 6.45) is 6.70. The van der Waals surface area contributed by atoms with E-state index in [2.05, 4.69) is 23.5 Å². The zero-order chi connectivity index (χ0) is 34.7. The molecule has 3 aliphatic heterocycles. The molecule has 0 saturated carbocycles. The number of H-pyrrole nitrogens is 2. The van der Waals surface area contributed by atoms with Gasteiger partial charge in [-0.25, -0.2) is 14.8 Å². The molecule has 4 aliphatic rings. The van der Waals surface area contributed by atoms with Crippen molar-refractivity contribution >= 4 is 56.8 Å². The molecule has 2 aromatic rings. The molecule has 10 nitrogen and oxygen atoms in total. The van der Waals surface area contributed by atoms with Gasteiger partial charge < -0.3 is 25.3 Å². The molecule has 5 heterocycles. The summed E-state index contributed by atoms with van der Waals surface area (Å²) in [6.45, 7) is 13.8. The van der Waals surface area contributed by atoms with Crippen LogP contribution in [0.4, 0.5) is 0 Å². The van der Waals surface area contributed by atoms with Gasteiger partial charge in [-0.3, -0.25) is 9.59 Å². The highest BCUT2D eigenvalue weighted by Crippen LogP contribution is 2.52. The van der Waals surface area contributed by atoms with Gasteiger partial charge in [0.1, 0.15) is 5.92 Å². The molecule has 0 aromatic carbocycles. The predicted molar refractivity (Wildman–Crippen MR) is 185 cm³/mol. The number of aromatic amines is 2. The van der Waals surface area contributed by atoms with Crippen LogP contribution in [0.3, 0.4) is 0 Å². The van der Waals surface area contributed by atoms with Crippen LogP contribution in [0.25, 0.3) is 38.9 Å². The average molecular weight is 647 g/mol. The average Bonchev–Trinajstić information content (AvgIpc) is 3.67. The van der Waals surface area contributed by atoms with Gasteiger partial charge in [-0.1, -0.05) is 38.2 Å². The first-order valence-corrected chi connectivity index (χ1v) is 16.0. The minimum Gasteiger partial charge on any atom is -0.481 e. The van der Waals surface area contributed by atoms with E-state index in [0.717, 1.165) is 63.0 Å². The lowest BCUT2D eigenvalue weighted by Crippen LogP contribution is -2.41. The van der Waals surface area contributed by atoms with Crippen molar-refractivity contribution in [2.24, 2.45) is 5.92 Å². The van der Waals surface area contributed by atoms with Crippen molar-refractivity contribution in [3.63, 3.8) is 0 Å². The maximum absolute atomic E-state index is 12.9. The number of aromatic nitrogens is 4. The lowest BCUT2D eigenvalue weighted by Gasteiger charge is -2.35. The molecular formula is C38H38N4O6. The molecule has 0 spiro atoms. The van der Waals surface area contributed by atoms with Gasteiger partial charge in [0, 0.05) is 34.4 Å². The Morgan fingerprint density at radius 2 is 1.58 bits per heavy atom. The lowest BCUT2D eigenvalue weighted by atomic mass is 9.64. The molecule has 2 atom stereocenters. The third kappa shape index (κ3) is 5.08. The molecule has 0 fully saturated rings. The van der Waals surface area contributed by atoms with Crippen molar-refractivity contribution in [2.75, 3.05) is 0 Å². The van der Waals surface area contributed by atoms with Gasteiger partial charge in [-0.05, 0) is 98.2 Å². The highest BCUT2D eigenvalue weighted by atomic mass is 16.4. The third-order valence-corrected chi connectivity index (χ3v) is 10.1. The number of allylic oxidation sites excluding steroid dienone is 8. The second-order valence-corrected chi connectivity index (χ2v) is 12.8. The molecule has 6 rings (SSSR count). The number of aryl methyl sites for hydroxylation is 2. The SMILES string of the molecule is C=CC1=C(C)c2cc3[nH]c(cc4nc(cc5[nH]c(cc1n2)c(C)c5CCC(=O)O)C(CCC)=C4C)[C@]1(C)C3=CC=C(C(=O)O)C1C(=O)O. The van der Waals surface area contributed by atoms with Gasteiger partial charge in [-0.15, -0.1) is 0 Å². The van der Waals surface area contributed by atoms with Crippen LogP contribution in [0, 0.1) is 12.8 Å². The quantitative estimate of drug-likeness (QED) is 0.199. The topological polar surface area (TPSA) is 169 Å². The van der Waals surface area contributed by atoms with Crippen LogP contribution in [0.1, 0.15) is 92.2 Å². The number of carbonyl (C=O) groups is 3. The molecule has 0 radical (unpaired) electrons. The molecule has 2 aromatic heterocycles. The van der Waals surface area contributed by atoms with Crippen molar-refractivity contribution in [3.05, 3.63) is 99.9 Å². The van der Waals surface area contributed by atoms with Crippen molar-refractivity contribution in [1.29, 1.82) is 0 Å². The number of nitrogens with one attached hydrogen (secondary N) is 2. The number of hydrogen-bond donors (Lipinski definition) is 5. The van der Waals surface area contributed by atoms with E-state index in [0.29, 0.717) is 40.5 Å². The summed E-state index contributed by atoms with van der Waals surface area (Å²) in [5.74, 6) is -4.80. The molecule has 48 heavy (non-hydrogen) atoms. The van der Waals surface area contributed by atoms with Gasteiger partial charge >= 0.3 is 17.9 Å². The maximum Gasteiger partial charge on any atom is 0.332 e. The van der Waals surface area contributed by atoms with Crippen LogP contribution in [-0.4, -0.2) is 53.2 Å². The third-order valence-electron chi connectivity index (χ3n) is 10.1. The predicted octanol–water partition coefficient (Wildman–Crippen LogP) is 7.28. The van der Waals surface area contributed by atoms with Crippen molar-refractivity contribution in [1.82, 2.24) is 19.9 Å². The number of hydrogen-bond acceptors (Lipinski definition) is 5. The highest BCUT2D eigenvalue weighted by Gasteiger charge is 2.52. The fraction of sp³-hybridized carbons (Fsp3) is 0.289. The van der Waals surface area contributed by atoms with E-state index in [-0.39, 0.29) is 12.0 Å². The molecule has 0 amide bonds. The van der Waals surface area contributed by atoms with Crippen molar-refractivity contribution in [3.8, 4) is 0 Å². The molecule has 0 saturated heterocycles. The summed E-state index contributed by atoms with van der Waals surface area (Å²) in [7, 11) is 0. The van der Waals surface area contributed by atoms with Crippen LogP contribution in [0.5, 0.6) is 0 Å². The zero-order valence-corrected chi connectivity index (χ0v) is 27.6. The summed E-state index contributed by atoms with van der Waals surface area (Å²) in [6, 6.07) is 7.61. The maximum atomic E-state index is 12.9. The first kappa shape index (κ1) is 32.4. The van der Waals surface area contributed by atoms with E-state index in [4.69, 9.17) is 9.97 Å². The van der Waals surface area contributed by atoms with E-state index < -0.39 is 29.2 Å².